The molecule has 0 atom stereocenters. The minimum absolute atomic E-state index is 0.143. The molecule has 1 aromatic carbocycles. The first kappa shape index (κ1) is 14.8. The molecular formula is C15H23N3O2. The molecular weight excluding hydrogens is 254 g/mol. The maximum absolute atomic E-state index is 8.77. The van der Waals surface area contributed by atoms with Gasteiger partial charge in [0, 0.05) is 18.7 Å². The van der Waals surface area contributed by atoms with Crippen LogP contribution in [0.3, 0.4) is 0 Å². The van der Waals surface area contributed by atoms with Gasteiger partial charge < -0.3 is 21.0 Å². The zero-order chi connectivity index (χ0) is 14.2. The third-order valence-corrected chi connectivity index (χ3v) is 3.65. The number of nitrogens with one attached hydrogen (secondary N) is 1. The second-order valence-electron chi connectivity index (χ2n) is 5.10. The molecule has 5 heteroatoms. The van der Waals surface area contributed by atoms with Crippen LogP contribution in [0.2, 0.25) is 0 Å². The molecule has 110 valence electrons. The number of nitrogens with two attached hydrogens (primary N) is 1. The number of rotatable bonds is 7. The molecule has 1 aromatic rings. The van der Waals surface area contributed by atoms with Crippen molar-refractivity contribution in [3.63, 3.8) is 0 Å². The summed E-state index contributed by atoms with van der Waals surface area (Å²) in [5, 5.41) is 15.2. The Morgan fingerprint density at radius 1 is 1.35 bits per heavy atom. The first-order valence-electron chi connectivity index (χ1n) is 7.19. The highest BCUT2D eigenvalue weighted by atomic mass is 16.5. The highest BCUT2D eigenvalue weighted by Crippen LogP contribution is 2.20. The van der Waals surface area contributed by atoms with Gasteiger partial charge in [-0.2, -0.15) is 0 Å². The van der Waals surface area contributed by atoms with Crippen LogP contribution in [0.1, 0.15) is 36.8 Å². The lowest BCUT2D eigenvalue weighted by atomic mass is 10.1. The summed E-state index contributed by atoms with van der Waals surface area (Å²) in [4.78, 5) is 0. The lowest BCUT2D eigenvalue weighted by molar-refractivity contribution is 0.0602. The maximum atomic E-state index is 8.77. The average molecular weight is 277 g/mol. The smallest absolute Gasteiger partial charge is 0.170 e. The van der Waals surface area contributed by atoms with E-state index in [1.54, 1.807) is 0 Å². The normalized spacial score (nSPS) is 16.7. The molecule has 0 aliphatic heterocycles. The van der Waals surface area contributed by atoms with Crippen LogP contribution in [0.15, 0.2) is 29.4 Å². The predicted molar refractivity (Wildman–Crippen MR) is 78.9 cm³/mol. The summed E-state index contributed by atoms with van der Waals surface area (Å²) in [5.41, 5.74) is 7.44. The van der Waals surface area contributed by atoms with Crippen molar-refractivity contribution in [2.24, 2.45) is 10.9 Å². The van der Waals surface area contributed by atoms with Crippen molar-refractivity contribution in [3.05, 3.63) is 35.4 Å². The van der Waals surface area contributed by atoms with Crippen molar-refractivity contribution in [3.8, 4) is 0 Å². The number of nitrogens with zero attached hydrogens (tertiary/aromatic N) is 1. The zero-order valence-corrected chi connectivity index (χ0v) is 11.7. The number of hydrogen-bond acceptors (Lipinski definition) is 4. The molecule has 4 N–H and O–H groups in total. The van der Waals surface area contributed by atoms with E-state index in [-0.39, 0.29) is 5.84 Å². The van der Waals surface area contributed by atoms with Crippen molar-refractivity contribution in [2.45, 2.75) is 38.3 Å². The first-order chi connectivity index (χ1) is 9.81. The van der Waals surface area contributed by atoms with Crippen LogP contribution < -0.4 is 11.1 Å². The minimum Gasteiger partial charge on any atom is -0.409 e. The van der Waals surface area contributed by atoms with E-state index < -0.39 is 0 Å². The van der Waals surface area contributed by atoms with Crippen LogP contribution in [0.25, 0.3) is 0 Å². The van der Waals surface area contributed by atoms with E-state index in [0.29, 0.717) is 12.6 Å². The molecule has 0 saturated heterocycles. The number of benzene rings is 1. The quantitative estimate of drug-likeness (QED) is 0.233. The van der Waals surface area contributed by atoms with Gasteiger partial charge in [0.1, 0.15) is 0 Å². The Kier molecular flexibility index (Phi) is 5.83. The van der Waals surface area contributed by atoms with Gasteiger partial charge >= 0.3 is 0 Å². The Labute approximate surface area is 119 Å². The van der Waals surface area contributed by atoms with Crippen molar-refractivity contribution in [2.75, 3.05) is 13.2 Å². The third kappa shape index (κ3) is 4.21. The number of ether oxygens (including phenoxy) is 1. The molecule has 1 aliphatic rings. The summed E-state index contributed by atoms with van der Waals surface area (Å²) >= 11 is 0. The maximum Gasteiger partial charge on any atom is 0.170 e. The highest BCUT2D eigenvalue weighted by molar-refractivity contribution is 5.98. The summed E-state index contributed by atoms with van der Waals surface area (Å²) < 4.78 is 5.79. The molecule has 0 aromatic heterocycles. The zero-order valence-electron chi connectivity index (χ0n) is 11.7. The van der Waals surface area contributed by atoms with E-state index in [0.717, 1.165) is 24.3 Å². The van der Waals surface area contributed by atoms with Gasteiger partial charge in [0.05, 0.1) is 12.7 Å². The molecule has 2 rings (SSSR count). The van der Waals surface area contributed by atoms with Gasteiger partial charge in [-0.05, 0) is 18.4 Å². The van der Waals surface area contributed by atoms with Crippen molar-refractivity contribution in [1.82, 2.24) is 5.32 Å². The monoisotopic (exact) mass is 277 g/mol. The fourth-order valence-electron chi connectivity index (χ4n) is 2.55. The van der Waals surface area contributed by atoms with E-state index >= 15 is 0 Å². The molecule has 1 fully saturated rings. The molecule has 5 nitrogen and oxygen atoms in total. The van der Waals surface area contributed by atoms with Gasteiger partial charge in [-0.3, -0.25) is 0 Å². The van der Waals surface area contributed by atoms with E-state index in [4.69, 9.17) is 15.7 Å². The topological polar surface area (TPSA) is 79.9 Å². The summed E-state index contributed by atoms with van der Waals surface area (Å²) in [5.74, 6) is 0.143. The van der Waals surface area contributed by atoms with Crippen molar-refractivity contribution >= 4 is 5.84 Å². The Balaban J connectivity index is 1.73. The Hall–Kier alpha value is -1.59. The van der Waals surface area contributed by atoms with Gasteiger partial charge in [-0.25, -0.2) is 0 Å². The molecule has 1 saturated carbocycles. The second kappa shape index (κ2) is 7.87. The van der Waals surface area contributed by atoms with Gasteiger partial charge in [-0.15, -0.1) is 0 Å². The van der Waals surface area contributed by atoms with Crippen LogP contribution in [-0.4, -0.2) is 30.3 Å². The molecule has 0 bridgehead atoms. The summed E-state index contributed by atoms with van der Waals surface area (Å²) in [6.45, 7) is 2.22. The molecule has 0 amide bonds. The molecule has 0 spiro atoms. The summed E-state index contributed by atoms with van der Waals surface area (Å²) in [7, 11) is 0. The van der Waals surface area contributed by atoms with Gasteiger partial charge in [0.25, 0.3) is 0 Å². The highest BCUT2D eigenvalue weighted by Gasteiger charge is 2.14. The van der Waals surface area contributed by atoms with Crippen molar-refractivity contribution < 1.29 is 9.94 Å². The van der Waals surface area contributed by atoms with Gasteiger partial charge in [0.15, 0.2) is 5.84 Å². The van der Waals surface area contributed by atoms with E-state index in [1.807, 2.05) is 24.3 Å². The molecule has 20 heavy (non-hydrogen) atoms. The number of hydrogen-bond donors (Lipinski definition) is 3. The average Bonchev–Trinajstić information content (AvgIpc) is 3.00. The Morgan fingerprint density at radius 3 is 2.85 bits per heavy atom. The Morgan fingerprint density at radius 2 is 2.10 bits per heavy atom. The van der Waals surface area contributed by atoms with Crippen LogP contribution in [0, 0.1) is 0 Å². The summed E-state index contributed by atoms with van der Waals surface area (Å²) in [6, 6.07) is 7.64. The SMILES string of the molecule is NC(=NO)c1ccccc1CNCCOC1CCCC1. The lowest BCUT2D eigenvalue weighted by Crippen LogP contribution is -2.24. The van der Waals surface area contributed by atoms with E-state index in [1.165, 1.54) is 25.7 Å². The fraction of sp³-hybridized carbons (Fsp3) is 0.533. The van der Waals surface area contributed by atoms with E-state index in [2.05, 4.69) is 10.5 Å². The predicted octanol–water partition coefficient (Wildman–Crippen LogP) is 1.83. The third-order valence-electron chi connectivity index (χ3n) is 3.65. The molecule has 1 aliphatic carbocycles. The lowest BCUT2D eigenvalue weighted by Gasteiger charge is -2.12. The first-order valence-corrected chi connectivity index (χ1v) is 7.19. The minimum atomic E-state index is 0.143. The number of amidine groups is 1. The molecule has 0 unspecified atom stereocenters. The Bertz CT molecular complexity index is 442. The molecule has 0 heterocycles. The second-order valence-corrected chi connectivity index (χ2v) is 5.10. The van der Waals surface area contributed by atoms with Crippen LogP contribution in [0.5, 0.6) is 0 Å². The fourth-order valence-corrected chi connectivity index (χ4v) is 2.55. The number of oxime groups is 1. The van der Waals surface area contributed by atoms with Gasteiger partial charge in [-0.1, -0.05) is 42.3 Å². The van der Waals surface area contributed by atoms with Crippen LogP contribution >= 0.6 is 0 Å². The van der Waals surface area contributed by atoms with Crippen LogP contribution in [-0.2, 0) is 11.3 Å². The van der Waals surface area contributed by atoms with Crippen LogP contribution in [0.4, 0.5) is 0 Å². The molecule has 0 radical (unpaired) electrons. The standard InChI is InChI=1S/C15H23N3O2/c16-15(18-19)14-8-4-1-5-12(14)11-17-9-10-20-13-6-2-3-7-13/h1,4-5,8,13,17,19H,2-3,6-7,9-11H2,(H2,16,18). The van der Waals surface area contributed by atoms with Crippen molar-refractivity contribution in [1.29, 1.82) is 0 Å². The van der Waals surface area contributed by atoms with E-state index in [9.17, 15) is 0 Å². The summed E-state index contributed by atoms with van der Waals surface area (Å²) in [6.07, 6.45) is 5.45. The van der Waals surface area contributed by atoms with Gasteiger partial charge in [0.2, 0.25) is 0 Å². The largest absolute Gasteiger partial charge is 0.409 e.